The zero-order chi connectivity index (χ0) is 12.8. The van der Waals surface area contributed by atoms with Crippen LogP contribution in [0.4, 0.5) is 10.1 Å². The number of anilines is 1. The van der Waals surface area contributed by atoms with E-state index in [1.165, 1.54) is 12.5 Å². The average molecular weight is 349 g/mol. The van der Waals surface area contributed by atoms with Crippen LogP contribution in [0.5, 0.6) is 0 Å². The van der Waals surface area contributed by atoms with E-state index in [0.717, 1.165) is 18.5 Å². The van der Waals surface area contributed by atoms with Gasteiger partial charge in [0.15, 0.2) is 0 Å². The van der Waals surface area contributed by atoms with Crippen molar-refractivity contribution in [3.05, 3.63) is 27.6 Å². The molecule has 1 aromatic rings. The highest BCUT2D eigenvalue weighted by atomic mass is 127. The number of nitrogens with one attached hydrogen (secondary N) is 1. The van der Waals surface area contributed by atoms with Crippen molar-refractivity contribution in [3.63, 3.8) is 0 Å². The SMILES string of the molecule is CCC(C)CC(CC)Nc1cccc(F)c1I. The average Bonchev–Trinajstić information content (AvgIpc) is 2.33. The lowest BCUT2D eigenvalue weighted by molar-refractivity contribution is 0.461. The molecular formula is C14H21FIN. The number of halogens is 2. The van der Waals surface area contributed by atoms with Crippen LogP contribution in [0.1, 0.15) is 40.0 Å². The van der Waals surface area contributed by atoms with E-state index in [2.05, 4.69) is 48.7 Å². The molecule has 1 N–H and O–H groups in total. The molecule has 0 aliphatic rings. The van der Waals surface area contributed by atoms with Gasteiger partial charge in [0, 0.05) is 6.04 Å². The molecule has 2 unspecified atom stereocenters. The van der Waals surface area contributed by atoms with Gasteiger partial charge in [-0.05, 0) is 53.5 Å². The van der Waals surface area contributed by atoms with Gasteiger partial charge in [0.2, 0.25) is 0 Å². The van der Waals surface area contributed by atoms with E-state index in [0.29, 0.717) is 15.5 Å². The second-order valence-electron chi connectivity index (χ2n) is 4.60. The molecule has 1 nitrogen and oxygen atoms in total. The van der Waals surface area contributed by atoms with Gasteiger partial charge < -0.3 is 5.32 Å². The molecule has 0 bridgehead atoms. The Kier molecular flexibility index (Phi) is 6.23. The monoisotopic (exact) mass is 349 g/mol. The highest BCUT2D eigenvalue weighted by molar-refractivity contribution is 14.1. The fourth-order valence-corrected chi connectivity index (χ4v) is 2.33. The van der Waals surface area contributed by atoms with Gasteiger partial charge in [-0.2, -0.15) is 0 Å². The summed E-state index contributed by atoms with van der Waals surface area (Å²) < 4.78 is 14.1. The molecule has 0 aromatic heterocycles. The minimum atomic E-state index is -0.144. The van der Waals surface area contributed by atoms with Gasteiger partial charge >= 0.3 is 0 Å². The predicted molar refractivity (Wildman–Crippen MR) is 80.9 cm³/mol. The summed E-state index contributed by atoms with van der Waals surface area (Å²) >= 11 is 2.06. The first-order chi connectivity index (χ1) is 8.08. The van der Waals surface area contributed by atoms with Crippen LogP contribution in [0.15, 0.2) is 18.2 Å². The van der Waals surface area contributed by atoms with Gasteiger partial charge in [0.05, 0.1) is 9.26 Å². The first-order valence-corrected chi connectivity index (χ1v) is 7.36. The van der Waals surface area contributed by atoms with E-state index in [1.807, 2.05) is 6.07 Å². The molecule has 0 radical (unpaired) electrons. The van der Waals surface area contributed by atoms with Crippen LogP contribution in [-0.4, -0.2) is 6.04 Å². The van der Waals surface area contributed by atoms with Crippen LogP contribution >= 0.6 is 22.6 Å². The fraction of sp³-hybridized carbons (Fsp3) is 0.571. The van der Waals surface area contributed by atoms with Crippen molar-refractivity contribution in [2.75, 3.05) is 5.32 Å². The van der Waals surface area contributed by atoms with E-state index in [-0.39, 0.29) is 5.82 Å². The molecule has 0 amide bonds. The first kappa shape index (κ1) is 14.7. The maximum atomic E-state index is 13.4. The second-order valence-corrected chi connectivity index (χ2v) is 5.68. The third-order valence-electron chi connectivity index (χ3n) is 3.19. The lowest BCUT2D eigenvalue weighted by Gasteiger charge is -2.22. The Hall–Kier alpha value is -0.320. The molecule has 0 saturated heterocycles. The molecule has 0 heterocycles. The van der Waals surface area contributed by atoms with Crippen molar-refractivity contribution < 1.29 is 4.39 Å². The third-order valence-corrected chi connectivity index (χ3v) is 4.28. The van der Waals surface area contributed by atoms with E-state index in [1.54, 1.807) is 6.07 Å². The van der Waals surface area contributed by atoms with Gasteiger partial charge in [-0.1, -0.05) is 33.3 Å². The van der Waals surface area contributed by atoms with Crippen LogP contribution < -0.4 is 5.32 Å². The topological polar surface area (TPSA) is 12.0 Å². The Labute approximate surface area is 117 Å². The van der Waals surface area contributed by atoms with Crippen molar-refractivity contribution in [1.29, 1.82) is 0 Å². The number of hydrogen-bond donors (Lipinski definition) is 1. The fourth-order valence-electron chi connectivity index (χ4n) is 1.82. The zero-order valence-corrected chi connectivity index (χ0v) is 12.9. The van der Waals surface area contributed by atoms with Gasteiger partial charge in [0.25, 0.3) is 0 Å². The summed E-state index contributed by atoms with van der Waals surface area (Å²) in [5, 5.41) is 3.46. The van der Waals surface area contributed by atoms with Gasteiger partial charge in [-0.25, -0.2) is 4.39 Å². The molecular weight excluding hydrogens is 328 g/mol. The summed E-state index contributed by atoms with van der Waals surface area (Å²) in [6.45, 7) is 6.65. The number of rotatable bonds is 6. The molecule has 0 saturated carbocycles. The Bertz CT molecular complexity index is 354. The summed E-state index contributed by atoms with van der Waals surface area (Å²) in [5.74, 6) is 0.563. The maximum absolute atomic E-state index is 13.4. The van der Waals surface area contributed by atoms with Crippen molar-refractivity contribution in [1.82, 2.24) is 0 Å². The second kappa shape index (κ2) is 7.19. The van der Waals surface area contributed by atoms with Gasteiger partial charge in [-0.3, -0.25) is 0 Å². The first-order valence-electron chi connectivity index (χ1n) is 6.29. The molecule has 1 rings (SSSR count). The smallest absolute Gasteiger partial charge is 0.138 e. The molecule has 2 atom stereocenters. The van der Waals surface area contributed by atoms with Crippen LogP contribution in [-0.2, 0) is 0 Å². The summed E-state index contributed by atoms with van der Waals surface area (Å²) in [6, 6.07) is 5.64. The third kappa shape index (κ3) is 4.45. The van der Waals surface area contributed by atoms with Crippen molar-refractivity contribution in [2.45, 2.75) is 46.1 Å². The molecule has 96 valence electrons. The summed E-state index contributed by atoms with van der Waals surface area (Å²) in [5.41, 5.74) is 0.917. The predicted octanol–water partition coefficient (Wildman–Crippen LogP) is 5.06. The lowest BCUT2D eigenvalue weighted by atomic mass is 9.97. The van der Waals surface area contributed by atoms with Crippen LogP contribution in [0, 0.1) is 15.3 Å². The summed E-state index contributed by atoms with van der Waals surface area (Å²) in [4.78, 5) is 0. The van der Waals surface area contributed by atoms with Gasteiger partial charge in [-0.15, -0.1) is 0 Å². The quantitative estimate of drug-likeness (QED) is 0.708. The Balaban J connectivity index is 2.70. The normalized spacial score (nSPS) is 14.4. The summed E-state index contributed by atoms with van der Waals surface area (Å²) in [7, 11) is 0. The highest BCUT2D eigenvalue weighted by Crippen LogP contribution is 2.24. The van der Waals surface area contributed by atoms with Crippen molar-refractivity contribution in [3.8, 4) is 0 Å². The van der Waals surface area contributed by atoms with Crippen molar-refractivity contribution in [2.24, 2.45) is 5.92 Å². The van der Waals surface area contributed by atoms with E-state index < -0.39 is 0 Å². The highest BCUT2D eigenvalue weighted by Gasteiger charge is 2.12. The zero-order valence-electron chi connectivity index (χ0n) is 10.8. The van der Waals surface area contributed by atoms with E-state index >= 15 is 0 Å². The molecule has 0 spiro atoms. The molecule has 3 heteroatoms. The molecule has 0 fully saturated rings. The maximum Gasteiger partial charge on any atom is 0.138 e. The number of benzene rings is 1. The largest absolute Gasteiger partial charge is 0.381 e. The molecule has 1 aromatic carbocycles. The summed E-state index contributed by atoms with van der Waals surface area (Å²) in [6.07, 6.45) is 3.40. The lowest BCUT2D eigenvalue weighted by Crippen LogP contribution is -2.22. The molecule has 17 heavy (non-hydrogen) atoms. The Morgan fingerprint density at radius 2 is 2.00 bits per heavy atom. The molecule has 0 aliphatic carbocycles. The van der Waals surface area contributed by atoms with Crippen LogP contribution in [0.3, 0.4) is 0 Å². The van der Waals surface area contributed by atoms with Crippen LogP contribution in [0.25, 0.3) is 0 Å². The van der Waals surface area contributed by atoms with Crippen molar-refractivity contribution >= 4 is 28.3 Å². The number of hydrogen-bond acceptors (Lipinski definition) is 1. The minimum Gasteiger partial charge on any atom is -0.381 e. The Morgan fingerprint density at radius 3 is 2.59 bits per heavy atom. The van der Waals surface area contributed by atoms with Gasteiger partial charge in [0.1, 0.15) is 5.82 Å². The van der Waals surface area contributed by atoms with E-state index in [9.17, 15) is 4.39 Å². The van der Waals surface area contributed by atoms with E-state index in [4.69, 9.17) is 0 Å². The Morgan fingerprint density at radius 1 is 1.29 bits per heavy atom. The van der Waals surface area contributed by atoms with Crippen LogP contribution in [0.2, 0.25) is 0 Å². The minimum absolute atomic E-state index is 0.144. The standard InChI is InChI=1S/C14H21FIN/c1-4-10(3)9-11(5-2)17-13-8-6-7-12(15)14(13)16/h6-8,10-11,17H,4-5,9H2,1-3H3. The molecule has 0 aliphatic heterocycles.